The summed E-state index contributed by atoms with van der Waals surface area (Å²) in [5.74, 6) is 0.273. The van der Waals surface area contributed by atoms with Crippen molar-refractivity contribution in [2.45, 2.75) is 24.0 Å². The van der Waals surface area contributed by atoms with Crippen LogP contribution >= 0.6 is 27.7 Å². The lowest BCUT2D eigenvalue weighted by atomic mass is 10.2. The highest BCUT2D eigenvalue weighted by atomic mass is 79.9. The van der Waals surface area contributed by atoms with E-state index < -0.39 is 5.97 Å². The molecule has 2 rings (SSSR count). The second-order valence-corrected chi connectivity index (χ2v) is 5.90. The van der Waals surface area contributed by atoms with Crippen molar-refractivity contribution in [3.8, 4) is 0 Å². The van der Waals surface area contributed by atoms with Gasteiger partial charge in [0.15, 0.2) is 0 Å². The van der Waals surface area contributed by atoms with E-state index in [4.69, 9.17) is 5.11 Å². The zero-order chi connectivity index (χ0) is 14.5. The lowest BCUT2D eigenvalue weighted by Gasteiger charge is -2.06. The first-order valence-electron chi connectivity index (χ1n) is 6.07. The molecule has 0 saturated heterocycles. The molecule has 0 atom stereocenters. The number of halogens is 1. The summed E-state index contributed by atoms with van der Waals surface area (Å²) in [5.41, 5.74) is 0.761. The van der Waals surface area contributed by atoms with Gasteiger partial charge in [-0.1, -0.05) is 19.1 Å². The highest BCUT2D eigenvalue weighted by Gasteiger charge is 2.12. The topological polar surface area (TPSA) is 63.1 Å². The van der Waals surface area contributed by atoms with Crippen molar-refractivity contribution in [2.75, 3.05) is 0 Å². The fraction of sp³-hybridized carbons (Fsp3) is 0.214. The average Bonchev–Trinajstić information content (AvgIpc) is 2.46. The van der Waals surface area contributed by atoms with Crippen LogP contribution in [0.5, 0.6) is 0 Å². The van der Waals surface area contributed by atoms with Gasteiger partial charge in [-0.05, 0) is 34.5 Å². The summed E-state index contributed by atoms with van der Waals surface area (Å²) in [5, 5.41) is 9.04. The van der Waals surface area contributed by atoms with Crippen molar-refractivity contribution in [2.24, 2.45) is 0 Å². The number of rotatable bonds is 5. The third kappa shape index (κ3) is 3.58. The molecule has 2 aromatic rings. The van der Waals surface area contributed by atoms with Crippen LogP contribution in [0.3, 0.4) is 0 Å². The number of nitrogens with zero attached hydrogens (tertiary/aromatic N) is 2. The Morgan fingerprint density at radius 2 is 2.15 bits per heavy atom. The van der Waals surface area contributed by atoms with Gasteiger partial charge in [0.05, 0.1) is 17.0 Å². The molecular formula is C14H13BrN2O2S. The molecule has 1 aromatic heterocycles. The maximum absolute atomic E-state index is 11.0. The normalized spacial score (nSPS) is 10.5. The summed E-state index contributed by atoms with van der Waals surface area (Å²) in [6.07, 6.45) is 1.97. The molecule has 0 aliphatic heterocycles. The Morgan fingerprint density at radius 1 is 1.40 bits per heavy atom. The standard InChI is InChI=1S/C14H13BrN2O2S/c1-2-11-9(14(18)19)7-16-13(17-11)8-20-12-6-4-3-5-10(12)15/h3-7H,2,8H2,1H3,(H,18,19). The minimum Gasteiger partial charge on any atom is -0.478 e. The molecule has 0 bridgehead atoms. The van der Waals surface area contributed by atoms with Crippen LogP contribution in [0.4, 0.5) is 0 Å². The lowest BCUT2D eigenvalue weighted by Crippen LogP contribution is -2.07. The predicted octanol–water partition coefficient (Wildman–Crippen LogP) is 3.79. The van der Waals surface area contributed by atoms with Crippen LogP contribution in [0.1, 0.15) is 28.8 Å². The maximum atomic E-state index is 11.0. The maximum Gasteiger partial charge on any atom is 0.339 e. The number of hydrogen-bond donors (Lipinski definition) is 1. The van der Waals surface area contributed by atoms with E-state index in [1.165, 1.54) is 6.20 Å². The van der Waals surface area contributed by atoms with Crippen LogP contribution in [0.2, 0.25) is 0 Å². The largest absolute Gasteiger partial charge is 0.478 e. The molecule has 0 radical (unpaired) electrons. The van der Waals surface area contributed by atoms with E-state index in [0.717, 1.165) is 9.37 Å². The second kappa shape index (κ2) is 6.85. The molecule has 1 aromatic carbocycles. The van der Waals surface area contributed by atoms with E-state index in [1.807, 2.05) is 31.2 Å². The molecule has 0 saturated carbocycles. The van der Waals surface area contributed by atoms with Gasteiger partial charge in [-0.25, -0.2) is 14.8 Å². The first-order chi connectivity index (χ1) is 9.61. The molecule has 4 nitrogen and oxygen atoms in total. The van der Waals surface area contributed by atoms with Crippen molar-refractivity contribution in [1.29, 1.82) is 0 Å². The number of benzene rings is 1. The first-order valence-corrected chi connectivity index (χ1v) is 7.85. The number of thioether (sulfide) groups is 1. The zero-order valence-corrected chi connectivity index (χ0v) is 13.2. The fourth-order valence-electron chi connectivity index (χ4n) is 1.68. The van der Waals surface area contributed by atoms with Crippen LogP contribution in [0.15, 0.2) is 39.8 Å². The minimum absolute atomic E-state index is 0.183. The Labute approximate surface area is 129 Å². The molecule has 0 aliphatic carbocycles. The van der Waals surface area contributed by atoms with Crippen LogP contribution in [-0.4, -0.2) is 21.0 Å². The van der Waals surface area contributed by atoms with E-state index in [-0.39, 0.29) is 5.56 Å². The average molecular weight is 353 g/mol. The molecule has 0 spiro atoms. The smallest absolute Gasteiger partial charge is 0.339 e. The van der Waals surface area contributed by atoms with Crippen molar-refractivity contribution in [1.82, 2.24) is 9.97 Å². The molecular weight excluding hydrogens is 340 g/mol. The second-order valence-electron chi connectivity index (χ2n) is 4.02. The Hall–Kier alpha value is -1.40. The van der Waals surface area contributed by atoms with E-state index in [1.54, 1.807) is 11.8 Å². The van der Waals surface area contributed by atoms with Gasteiger partial charge in [0.25, 0.3) is 0 Å². The van der Waals surface area contributed by atoms with Crippen molar-refractivity contribution >= 4 is 33.7 Å². The molecule has 0 aliphatic rings. The monoisotopic (exact) mass is 352 g/mol. The van der Waals surface area contributed by atoms with Crippen LogP contribution in [0, 0.1) is 0 Å². The summed E-state index contributed by atoms with van der Waals surface area (Å²) in [6.45, 7) is 1.89. The van der Waals surface area contributed by atoms with Crippen molar-refractivity contribution < 1.29 is 9.90 Å². The number of aromatic nitrogens is 2. The van der Waals surface area contributed by atoms with E-state index in [2.05, 4.69) is 25.9 Å². The van der Waals surface area contributed by atoms with Gasteiger partial charge in [-0.15, -0.1) is 11.8 Å². The van der Waals surface area contributed by atoms with Gasteiger partial charge in [0.2, 0.25) is 0 Å². The molecule has 6 heteroatoms. The lowest BCUT2D eigenvalue weighted by molar-refractivity contribution is 0.0694. The van der Waals surface area contributed by atoms with Crippen molar-refractivity contribution in [3.63, 3.8) is 0 Å². The summed E-state index contributed by atoms with van der Waals surface area (Å²) < 4.78 is 1.03. The van der Waals surface area contributed by atoms with Gasteiger partial charge in [0.1, 0.15) is 5.82 Å². The Kier molecular flexibility index (Phi) is 5.14. The first kappa shape index (κ1) is 15.0. The number of carbonyl (C=O) groups is 1. The summed E-state index contributed by atoms with van der Waals surface area (Å²) in [7, 11) is 0. The van der Waals surface area contributed by atoms with E-state index >= 15 is 0 Å². The number of hydrogen-bond acceptors (Lipinski definition) is 4. The van der Waals surface area contributed by atoms with Crippen LogP contribution < -0.4 is 0 Å². The summed E-state index contributed by atoms with van der Waals surface area (Å²) in [6, 6.07) is 7.93. The molecule has 0 amide bonds. The van der Waals surface area contributed by atoms with Gasteiger partial charge in [-0.2, -0.15) is 0 Å². The Morgan fingerprint density at radius 3 is 2.80 bits per heavy atom. The molecule has 20 heavy (non-hydrogen) atoms. The Bertz CT molecular complexity index is 634. The minimum atomic E-state index is -0.980. The summed E-state index contributed by atoms with van der Waals surface area (Å²) >= 11 is 5.10. The highest BCUT2D eigenvalue weighted by molar-refractivity contribution is 9.10. The van der Waals surface area contributed by atoms with Crippen LogP contribution in [0.25, 0.3) is 0 Å². The molecule has 0 fully saturated rings. The third-order valence-corrected chi connectivity index (χ3v) is 4.70. The predicted molar refractivity (Wildman–Crippen MR) is 82.1 cm³/mol. The van der Waals surface area contributed by atoms with E-state index in [0.29, 0.717) is 23.7 Å². The molecule has 104 valence electrons. The van der Waals surface area contributed by atoms with Gasteiger partial charge in [0, 0.05) is 15.6 Å². The number of carboxylic acid groups (broad SMARTS) is 1. The van der Waals surface area contributed by atoms with Gasteiger partial charge in [-0.3, -0.25) is 0 Å². The van der Waals surface area contributed by atoms with Gasteiger partial charge < -0.3 is 5.11 Å². The number of aryl methyl sites for hydroxylation is 1. The van der Waals surface area contributed by atoms with Gasteiger partial charge >= 0.3 is 5.97 Å². The SMILES string of the molecule is CCc1nc(CSc2ccccc2Br)ncc1C(=O)O. The fourth-order valence-corrected chi connectivity index (χ4v) is 3.11. The molecule has 1 heterocycles. The number of carboxylic acids is 1. The summed E-state index contributed by atoms with van der Waals surface area (Å²) in [4.78, 5) is 20.6. The zero-order valence-electron chi connectivity index (χ0n) is 10.8. The van der Waals surface area contributed by atoms with Crippen molar-refractivity contribution in [3.05, 3.63) is 52.0 Å². The molecule has 0 unspecified atom stereocenters. The highest BCUT2D eigenvalue weighted by Crippen LogP contribution is 2.29. The number of aromatic carboxylic acids is 1. The quantitative estimate of drug-likeness (QED) is 0.829. The Balaban J connectivity index is 2.15. The third-order valence-electron chi connectivity index (χ3n) is 2.68. The van der Waals surface area contributed by atoms with Crippen LogP contribution in [-0.2, 0) is 12.2 Å². The van der Waals surface area contributed by atoms with E-state index in [9.17, 15) is 4.79 Å². The molecule has 1 N–H and O–H groups in total.